The molecule has 1 aromatic carbocycles. The molecule has 0 radical (unpaired) electrons. The van der Waals surface area contributed by atoms with Crippen LogP contribution in [0.15, 0.2) is 41.4 Å². The Morgan fingerprint density at radius 2 is 1.92 bits per heavy atom. The number of hydrogen-bond acceptors (Lipinski definition) is 2. The van der Waals surface area contributed by atoms with Crippen LogP contribution in [0.5, 0.6) is 0 Å². The van der Waals surface area contributed by atoms with E-state index in [4.69, 9.17) is 10.7 Å². The highest BCUT2D eigenvalue weighted by atomic mass is 35.7. The van der Waals surface area contributed by atoms with Crippen molar-refractivity contribution in [1.82, 2.24) is 4.98 Å². The maximum absolute atomic E-state index is 5.58. The van der Waals surface area contributed by atoms with Crippen molar-refractivity contribution in [3.63, 3.8) is 0 Å². The largest absolute Gasteiger partial charge is 0.240 e. The number of benzene rings is 1. The molecular formula is C9H6ClNS. The van der Waals surface area contributed by atoms with Crippen LogP contribution in [0.4, 0.5) is 0 Å². The lowest BCUT2D eigenvalue weighted by Gasteiger charge is -1.97. The maximum Gasteiger partial charge on any atom is 0.112 e. The molecule has 0 aliphatic carbocycles. The van der Waals surface area contributed by atoms with E-state index in [0.29, 0.717) is 0 Å². The lowest BCUT2D eigenvalue weighted by atomic mass is 10.2. The van der Waals surface area contributed by atoms with Crippen molar-refractivity contribution in [3.05, 3.63) is 36.4 Å². The molecule has 0 aliphatic rings. The average Bonchev–Trinajstić information content (AvgIpc) is 2.17. The normalized spacial score (nSPS) is 10.4. The minimum absolute atomic E-state index is 0.843. The first-order valence-corrected chi connectivity index (χ1v) is 5.19. The van der Waals surface area contributed by atoms with Gasteiger partial charge < -0.3 is 0 Å². The van der Waals surface area contributed by atoms with Gasteiger partial charge in [0.15, 0.2) is 0 Å². The van der Waals surface area contributed by atoms with E-state index in [0.717, 1.165) is 26.9 Å². The molecule has 0 amide bonds. The van der Waals surface area contributed by atoms with E-state index >= 15 is 0 Å². The molecule has 0 fully saturated rings. The highest BCUT2D eigenvalue weighted by Crippen LogP contribution is 2.22. The molecule has 3 heteroatoms. The van der Waals surface area contributed by atoms with E-state index < -0.39 is 0 Å². The topological polar surface area (TPSA) is 12.9 Å². The van der Waals surface area contributed by atoms with Crippen molar-refractivity contribution < 1.29 is 0 Å². The Balaban J connectivity index is 2.67. The molecule has 1 heterocycles. The number of rotatable bonds is 1. The summed E-state index contributed by atoms with van der Waals surface area (Å²) < 4.78 is 0. The molecule has 0 bridgehead atoms. The predicted octanol–water partition coefficient (Wildman–Crippen LogP) is 3.48. The fourth-order valence-electron chi connectivity index (χ4n) is 1.09. The van der Waals surface area contributed by atoms with Gasteiger partial charge in [-0.15, -0.1) is 0 Å². The van der Waals surface area contributed by atoms with Crippen LogP contribution in [0, 0.1) is 0 Å². The lowest BCUT2D eigenvalue weighted by Crippen LogP contribution is -1.79. The molecule has 1 aromatic heterocycles. The fraction of sp³-hybridized carbons (Fsp3) is 0. The standard InChI is InChI=1S/C9H6ClNS/c10-12-9-6-5-7-3-1-2-4-8(7)11-9/h1-6H. The molecule has 60 valence electrons. The third-order valence-corrected chi connectivity index (χ3v) is 2.51. The molecule has 0 spiro atoms. The van der Waals surface area contributed by atoms with Crippen LogP contribution in [0.1, 0.15) is 0 Å². The summed E-state index contributed by atoms with van der Waals surface area (Å²) in [5.41, 5.74) is 0.989. The second-order valence-electron chi connectivity index (χ2n) is 2.42. The van der Waals surface area contributed by atoms with Crippen molar-refractivity contribution in [2.24, 2.45) is 0 Å². The molecule has 1 nitrogen and oxygen atoms in total. The summed E-state index contributed by atoms with van der Waals surface area (Å²) >= 11 is 0. The van der Waals surface area contributed by atoms with Crippen molar-refractivity contribution in [2.45, 2.75) is 5.03 Å². The Morgan fingerprint density at radius 3 is 2.75 bits per heavy atom. The van der Waals surface area contributed by atoms with E-state index in [1.54, 1.807) is 0 Å². The highest BCUT2D eigenvalue weighted by molar-refractivity contribution is 8.21. The molecule has 12 heavy (non-hydrogen) atoms. The summed E-state index contributed by atoms with van der Waals surface area (Å²) in [7, 11) is 6.73. The molecule has 0 saturated carbocycles. The number of nitrogens with zero attached hydrogens (tertiary/aromatic N) is 1. The van der Waals surface area contributed by atoms with E-state index in [1.807, 2.05) is 36.4 Å². The molecule has 0 unspecified atom stereocenters. The monoisotopic (exact) mass is 195 g/mol. The Kier molecular flexibility index (Phi) is 2.19. The van der Waals surface area contributed by atoms with Gasteiger partial charge in [-0.05, 0) is 22.8 Å². The van der Waals surface area contributed by atoms with Gasteiger partial charge in [0, 0.05) is 16.4 Å². The molecule has 0 atom stereocenters. The van der Waals surface area contributed by atoms with Crippen LogP contribution in [-0.4, -0.2) is 4.98 Å². The van der Waals surface area contributed by atoms with Gasteiger partial charge in [0.1, 0.15) is 5.03 Å². The zero-order chi connectivity index (χ0) is 8.39. The predicted molar refractivity (Wildman–Crippen MR) is 53.5 cm³/mol. The molecule has 0 saturated heterocycles. The summed E-state index contributed by atoms with van der Waals surface area (Å²) in [5.74, 6) is 0. The Bertz CT molecular complexity index is 402. The summed E-state index contributed by atoms with van der Waals surface area (Å²) in [4.78, 5) is 4.32. The second kappa shape index (κ2) is 3.33. The van der Waals surface area contributed by atoms with Gasteiger partial charge in [-0.3, -0.25) is 0 Å². The van der Waals surface area contributed by atoms with E-state index in [1.165, 1.54) is 0 Å². The van der Waals surface area contributed by atoms with Crippen LogP contribution >= 0.6 is 21.7 Å². The smallest absolute Gasteiger partial charge is 0.112 e. The molecule has 0 N–H and O–H groups in total. The first kappa shape index (κ1) is 7.90. The van der Waals surface area contributed by atoms with Crippen molar-refractivity contribution >= 4 is 32.6 Å². The fourth-order valence-corrected chi connectivity index (χ4v) is 1.60. The van der Waals surface area contributed by atoms with Gasteiger partial charge in [-0.25, -0.2) is 4.98 Å². The number of aromatic nitrogens is 1. The van der Waals surface area contributed by atoms with Crippen molar-refractivity contribution in [2.75, 3.05) is 0 Å². The SMILES string of the molecule is ClSc1ccc2ccccc2n1. The zero-order valence-electron chi connectivity index (χ0n) is 6.20. The van der Waals surface area contributed by atoms with Gasteiger partial charge in [-0.1, -0.05) is 24.3 Å². The number of halogens is 1. The number of pyridine rings is 1. The minimum Gasteiger partial charge on any atom is -0.240 e. The number of para-hydroxylation sites is 1. The summed E-state index contributed by atoms with van der Waals surface area (Å²) in [5, 5.41) is 1.99. The quantitative estimate of drug-likeness (QED) is 0.691. The number of hydrogen-bond donors (Lipinski definition) is 0. The first-order valence-electron chi connectivity index (χ1n) is 3.54. The van der Waals surface area contributed by atoms with Crippen LogP contribution in [-0.2, 0) is 0 Å². The Hall–Kier alpha value is -0.730. The first-order chi connectivity index (χ1) is 5.90. The minimum atomic E-state index is 0.843. The maximum atomic E-state index is 5.58. The molecular weight excluding hydrogens is 190 g/mol. The van der Waals surface area contributed by atoms with Gasteiger partial charge in [-0.2, -0.15) is 0 Å². The van der Waals surface area contributed by atoms with Gasteiger partial charge in [0.05, 0.1) is 5.52 Å². The summed E-state index contributed by atoms with van der Waals surface area (Å²) in [6.45, 7) is 0. The van der Waals surface area contributed by atoms with Gasteiger partial charge >= 0.3 is 0 Å². The highest BCUT2D eigenvalue weighted by Gasteiger charge is 1.95. The third kappa shape index (κ3) is 1.40. The Morgan fingerprint density at radius 1 is 1.08 bits per heavy atom. The molecule has 0 aliphatic heterocycles. The van der Waals surface area contributed by atoms with Gasteiger partial charge in [0.25, 0.3) is 0 Å². The zero-order valence-corrected chi connectivity index (χ0v) is 7.77. The van der Waals surface area contributed by atoms with E-state index in [9.17, 15) is 0 Å². The molecule has 2 aromatic rings. The molecule has 2 rings (SSSR count). The number of fused-ring (bicyclic) bond motifs is 1. The van der Waals surface area contributed by atoms with Crippen LogP contribution < -0.4 is 0 Å². The summed E-state index contributed by atoms with van der Waals surface area (Å²) in [6, 6.07) is 11.9. The average molecular weight is 196 g/mol. The van der Waals surface area contributed by atoms with Crippen molar-refractivity contribution in [1.29, 1.82) is 0 Å². The van der Waals surface area contributed by atoms with E-state index in [2.05, 4.69) is 4.98 Å². The summed E-state index contributed by atoms with van der Waals surface area (Å²) in [6.07, 6.45) is 0. The second-order valence-corrected chi connectivity index (χ2v) is 3.45. The van der Waals surface area contributed by atoms with Crippen LogP contribution in [0.2, 0.25) is 0 Å². The third-order valence-electron chi connectivity index (χ3n) is 1.65. The Labute approximate surface area is 79.3 Å². The van der Waals surface area contributed by atoms with E-state index in [-0.39, 0.29) is 0 Å². The van der Waals surface area contributed by atoms with Gasteiger partial charge in [0.2, 0.25) is 0 Å². The van der Waals surface area contributed by atoms with Crippen LogP contribution in [0.3, 0.4) is 0 Å². The van der Waals surface area contributed by atoms with Crippen molar-refractivity contribution in [3.8, 4) is 0 Å². The lowest BCUT2D eigenvalue weighted by molar-refractivity contribution is 1.20. The van der Waals surface area contributed by atoms with Crippen LogP contribution in [0.25, 0.3) is 10.9 Å².